The molecule has 0 bridgehead atoms. The van der Waals surface area contributed by atoms with Gasteiger partial charge in [0.1, 0.15) is 5.75 Å². The van der Waals surface area contributed by atoms with E-state index in [1.807, 2.05) is 69.0 Å². The van der Waals surface area contributed by atoms with Crippen molar-refractivity contribution in [2.24, 2.45) is 4.99 Å². The van der Waals surface area contributed by atoms with Gasteiger partial charge in [0.15, 0.2) is 5.96 Å². The number of nitrogens with one attached hydrogen (secondary N) is 2. The van der Waals surface area contributed by atoms with Crippen LogP contribution in [0.2, 0.25) is 0 Å². The van der Waals surface area contributed by atoms with Crippen molar-refractivity contribution in [3.05, 3.63) is 47.8 Å². The van der Waals surface area contributed by atoms with Crippen molar-refractivity contribution in [3.8, 4) is 5.75 Å². The Labute approximate surface area is 161 Å². The number of nitrogens with zero attached hydrogens (tertiary/aromatic N) is 3. The van der Waals surface area contributed by atoms with Crippen LogP contribution in [0.15, 0.2) is 41.7 Å². The van der Waals surface area contributed by atoms with Crippen molar-refractivity contribution >= 4 is 5.96 Å². The van der Waals surface area contributed by atoms with Crippen LogP contribution >= 0.6 is 0 Å². The third-order valence-corrected chi connectivity index (χ3v) is 3.80. The van der Waals surface area contributed by atoms with Gasteiger partial charge in [-0.2, -0.15) is 5.10 Å². The Kier molecular flexibility index (Phi) is 8.13. The molecule has 2 aromatic rings. The topological polar surface area (TPSA) is 83.7 Å². The molecule has 0 aliphatic rings. The lowest BCUT2D eigenvalue weighted by atomic mass is 10.1. The first-order valence-corrected chi connectivity index (χ1v) is 9.44. The summed E-state index contributed by atoms with van der Waals surface area (Å²) in [5.41, 5.74) is 1.96. The standard InChI is InChI=1S/C20H31N5O2/c1-5-21-20(22-10-11-25-14-16(4)12-24-25)23-13-19(26)17-6-8-18(9-7-17)27-15(2)3/h6-9,12,14-15,19,26H,5,10-11,13H2,1-4H3,(H2,21,22,23). The summed E-state index contributed by atoms with van der Waals surface area (Å²) in [6.45, 7) is 10.5. The molecular formula is C20H31N5O2. The van der Waals surface area contributed by atoms with E-state index < -0.39 is 6.10 Å². The van der Waals surface area contributed by atoms with Crippen molar-refractivity contribution in [2.75, 3.05) is 19.6 Å². The first kappa shape index (κ1) is 20.8. The average Bonchev–Trinajstić information content (AvgIpc) is 3.04. The van der Waals surface area contributed by atoms with E-state index in [1.165, 1.54) is 0 Å². The first-order valence-electron chi connectivity index (χ1n) is 9.44. The lowest BCUT2D eigenvalue weighted by molar-refractivity contribution is 0.186. The minimum atomic E-state index is -0.665. The van der Waals surface area contributed by atoms with E-state index in [1.54, 1.807) is 0 Å². The smallest absolute Gasteiger partial charge is 0.191 e. The summed E-state index contributed by atoms with van der Waals surface area (Å²) < 4.78 is 7.52. The molecule has 1 atom stereocenters. The highest BCUT2D eigenvalue weighted by Gasteiger charge is 2.08. The Morgan fingerprint density at radius 2 is 2.00 bits per heavy atom. The molecule has 0 saturated carbocycles. The molecular weight excluding hydrogens is 342 g/mol. The molecule has 0 radical (unpaired) electrons. The number of rotatable bonds is 9. The maximum absolute atomic E-state index is 10.4. The normalized spacial score (nSPS) is 12.9. The number of aromatic nitrogens is 2. The zero-order valence-corrected chi connectivity index (χ0v) is 16.6. The van der Waals surface area contributed by atoms with Gasteiger partial charge >= 0.3 is 0 Å². The van der Waals surface area contributed by atoms with E-state index in [0.29, 0.717) is 12.5 Å². The molecule has 148 valence electrons. The number of hydrogen-bond donors (Lipinski definition) is 3. The van der Waals surface area contributed by atoms with E-state index in [9.17, 15) is 5.11 Å². The van der Waals surface area contributed by atoms with Gasteiger partial charge in [0.25, 0.3) is 0 Å². The van der Waals surface area contributed by atoms with Crippen molar-refractivity contribution < 1.29 is 9.84 Å². The summed E-state index contributed by atoms with van der Waals surface area (Å²) >= 11 is 0. The van der Waals surface area contributed by atoms with E-state index in [-0.39, 0.29) is 12.6 Å². The molecule has 0 spiro atoms. The SMILES string of the molecule is CCNC(=NCC(O)c1ccc(OC(C)C)cc1)NCCn1cc(C)cn1. The summed E-state index contributed by atoms with van der Waals surface area (Å²) in [4.78, 5) is 4.48. The Morgan fingerprint density at radius 1 is 1.26 bits per heavy atom. The van der Waals surface area contributed by atoms with Gasteiger partial charge in [-0.05, 0) is 51.0 Å². The summed E-state index contributed by atoms with van der Waals surface area (Å²) in [6, 6.07) is 7.49. The van der Waals surface area contributed by atoms with E-state index in [0.717, 1.165) is 30.0 Å². The lowest BCUT2D eigenvalue weighted by Crippen LogP contribution is -2.39. The van der Waals surface area contributed by atoms with Crippen molar-refractivity contribution in [2.45, 2.75) is 46.4 Å². The van der Waals surface area contributed by atoms with Crippen molar-refractivity contribution in [3.63, 3.8) is 0 Å². The van der Waals surface area contributed by atoms with Crippen LogP contribution in [-0.4, -0.2) is 46.6 Å². The molecule has 0 saturated heterocycles. The number of aryl methyl sites for hydroxylation is 1. The maximum Gasteiger partial charge on any atom is 0.191 e. The second-order valence-corrected chi connectivity index (χ2v) is 6.68. The zero-order chi connectivity index (χ0) is 19.6. The predicted octanol–water partition coefficient (Wildman–Crippen LogP) is 2.27. The third kappa shape index (κ3) is 7.30. The van der Waals surface area contributed by atoms with Gasteiger partial charge in [-0.3, -0.25) is 9.67 Å². The molecule has 1 aromatic heterocycles. The molecule has 7 heteroatoms. The number of benzene rings is 1. The number of aliphatic imine (C=N–C) groups is 1. The number of hydrogen-bond acceptors (Lipinski definition) is 4. The summed E-state index contributed by atoms with van der Waals surface area (Å²) in [5, 5.41) is 21.1. The monoisotopic (exact) mass is 373 g/mol. The van der Waals surface area contributed by atoms with Crippen LogP contribution in [0.5, 0.6) is 5.75 Å². The molecule has 3 N–H and O–H groups in total. The summed E-state index contributed by atoms with van der Waals surface area (Å²) in [7, 11) is 0. The van der Waals surface area contributed by atoms with E-state index in [4.69, 9.17) is 4.74 Å². The molecule has 0 aliphatic heterocycles. The Balaban J connectivity index is 1.86. The predicted molar refractivity (Wildman–Crippen MR) is 108 cm³/mol. The molecule has 7 nitrogen and oxygen atoms in total. The number of aliphatic hydroxyl groups excluding tert-OH is 1. The van der Waals surface area contributed by atoms with Crippen LogP contribution in [-0.2, 0) is 6.54 Å². The fraction of sp³-hybridized carbons (Fsp3) is 0.500. The van der Waals surface area contributed by atoms with Gasteiger partial charge < -0.3 is 20.5 Å². The van der Waals surface area contributed by atoms with Crippen LogP contribution in [0, 0.1) is 6.92 Å². The Morgan fingerprint density at radius 3 is 2.59 bits per heavy atom. The highest BCUT2D eigenvalue weighted by Crippen LogP contribution is 2.19. The Hall–Kier alpha value is -2.54. The number of ether oxygens (including phenoxy) is 1. The quantitative estimate of drug-likeness (QED) is 0.464. The van der Waals surface area contributed by atoms with E-state index >= 15 is 0 Å². The third-order valence-electron chi connectivity index (χ3n) is 3.80. The van der Waals surface area contributed by atoms with Crippen LogP contribution in [0.3, 0.4) is 0 Å². The number of guanidine groups is 1. The molecule has 0 amide bonds. The Bertz CT molecular complexity index is 709. The molecule has 2 rings (SSSR count). The highest BCUT2D eigenvalue weighted by atomic mass is 16.5. The average molecular weight is 374 g/mol. The molecule has 0 aliphatic carbocycles. The van der Waals surface area contributed by atoms with Gasteiger partial charge in [-0.25, -0.2) is 0 Å². The van der Waals surface area contributed by atoms with Crippen LogP contribution in [0.25, 0.3) is 0 Å². The lowest BCUT2D eigenvalue weighted by Gasteiger charge is -2.14. The first-order chi connectivity index (χ1) is 13.0. The maximum atomic E-state index is 10.4. The zero-order valence-electron chi connectivity index (χ0n) is 16.6. The minimum absolute atomic E-state index is 0.129. The second kappa shape index (κ2) is 10.6. The molecule has 27 heavy (non-hydrogen) atoms. The fourth-order valence-corrected chi connectivity index (χ4v) is 2.54. The number of aliphatic hydroxyl groups is 1. The van der Waals surface area contributed by atoms with Crippen molar-refractivity contribution in [1.29, 1.82) is 0 Å². The largest absolute Gasteiger partial charge is 0.491 e. The van der Waals surface area contributed by atoms with E-state index in [2.05, 4.69) is 20.7 Å². The second-order valence-electron chi connectivity index (χ2n) is 6.68. The highest BCUT2D eigenvalue weighted by molar-refractivity contribution is 5.79. The van der Waals surface area contributed by atoms with Crippen LogP contribution < -0.4 is 15.4 Å². The van der Waals surface area contributed by atoms with Gasteiger partial charge in [-0.1, -0.05) is 12.1 Å². The molecule has 0 fully saturated rings. The minimum Gasteiger partial charge on any atom is -0.491 e. The van der Waals surface area contributed by atoms with Crippen molar-refractivity contribution in [1.82, 2.24) is 20.4 Å². The van der Waals surface area contributed by atoms with Gasteiger partial charge in [0.05, 0.1) is 31.5 Å². The van der Waals surface area contributed by atoms with Crippen LogP contribution in [0.1, 0.15) is 38.0 Å². The molecule has 1 unspecified atom stereocenters. The molecule has 1 heterocycles. The van der Waals surface area contributed by atoms with Crippen LogP contribution in [0.4, 0.5) is 0 Å². The van der Waals surface area contributed by atoms with Gasteiger partial charge in [0, 0.05) is 19.3 Å². The molecule has 1 aromatic carbocycles. The fourth-order valence-electron chi connectivity index (χ4n) is 2.54. The summed E-state index contributed by atoms with van der Waals surface area (Å²) in [5.74, 6) is 1.48. The summed E-state index contributed by atoms with van der Waals surface area (Å²) in [6.07, 6.45) is 3.31. The van der Waals surface area contributed by atoms with Gasteiger partial charge in [-0.15, -0.1) is 0 Å². The van der Waals surface area contributed by atoms with Gasteiger partial charge in [0.2, 0.25) is 0 Å².